The molecule has 1 heterocycles. The zero-order valence-corrected chi connectivity index (χ0v) is 10.6. The maximum atomic E-state index is 12.1. The molecule has 1 aliphatic heterocycles. The maximum Gasteiger partial charge on any atom is 0.227 e. The molecule has 98 valence electrons. The minimum absolute atomic E-state index is 0.103. The number of ether oxygens (including phenoxy) is 1. The summed E-state index contributed by atoms with van der Waals surface area (Å²) in [7, 11) is 1.64. The third kappa shape index (κ3) is 2.71. The van der Waals surface area contributed by atoms with Crippen LogP contribution < -0.4 is 4.90 Å². The molecule has 1 amide bonds. The van der Waals surface area contributed by atoms with Crippen LogP contribution in [0.15, 0.2) is 24.3 Å². The molecular formula is C14H19NO3. The Balaban J connectivity index is 2.11. The van der Waals surface area contributed by atoms with Gasteiger partial charge >= 0.3 is 0 Å². The van der Waals surface area contributed by atoms with Gasteiger partial charge in [0, 0.05) is 37.9 Å². The van der Waals surface area contributed by atoms with Gasteiger partial charge in [0.1, 0.15) is 0 Å². The van der Waals surface area contributed by atoms with E-state index in [0.717, 1.165) is 17.7 Å². The van der Waals surface area contributed by atoms with Crippen molar-refractivity contribution >= 4 is 11.6 Å². The minimum Gasteiger partial charge on any atom is -0.388 e. The number of benzene rings is 1. The lowest BCUT2D eigenvalue weighted by Crippen LogP contribution is -2.36. The Labute approximate surface area is 107 Å². The summed E-state index contributed by atoms with van der Waals surface area (Å²) in [6, 6.07) is 7.56. The SMILES string of the molecule is COCCCC(=O)N1CCC(O)c2ccccc21. The average Bonchev–Trinajstić information content (AvgIpc) is 2.39. The Morgan fingerprint density at radius 1 is 1.50 bits per heavy atom. The first-order valence-electron chi connectivity index (χ1n) is 6.30. The van der Waals surface area contributed by atoms with Gasteiger partial charge < -0.3 is 14.7 Å². The summed E-state index contributed by atoms with van der Waals surface area (Å²) in [5.41, 5.74) is 1.70. The molecule has 1 unspecified atom stereocenters. The second-order valence-corrected chi connectivity index (χ2v) is 4.51. The fraction of sp³-hybridized carbons (Fsp3) is 0.500. The third-order valence-corrected chi connectivity index (χ3v) is 3.25. The van der Waals surface area contributed by atoms with E-state index >= 15 is 0 Å². The standard InChI is InChI=1S/C14H19NO3/c1-18-10-4-7-14(17)15-9-8-13(16)11-5-2-3-6-12(11)15/h2-3,5-6,13,16H,4,7-10H2,1H3. The van der Waals surface area contributed by atoms with Crippen molar-refractivity contribution in [1.82, 2.24) is 0 Å². The fourth-order valence-electron chi connectivity index (χ4n) is 2.30. The van der Waals surface area contributed by atoms with Crippen LogP contribution >= 0.6 is 0 Å². The first kappa shape index (κ1) is 13.1. The highest BCUT2D eigenvalue weighted by molar-refractivity contribution is 5.94. The molecule has 1 aliphatic rings. The average molecular weight is 249 g/mol. The number of methoxy groups -OCH3 is 1. The zero-order valence-electron chi connectivity index (χ0n) is 10.6. The van der Waals surface area contributed by atoms with E-state index in [1.165, 1.54) is 0 Å². The Bertz CT molecular complexity index is 419. The molecule has 0 aliphatic carbocycles. The Morgan fingerprint density at radius 3 is 3.06 bits per heavy atom. The van der Waals surface area contributed by atoms with Crippen LogP contribution in [0.1, 0.15) is 30.9 Å². The van der Waals surface area contributed by atoms with Gasteiger partial charge in [-0.2, -0.15) is 0 Å². The van der Waals surface area contributed by atoms with Gasteiger partial charge in [-0.25, -0.2) is 0 Å². The number of carbonyl (C=O) groups excluding carboxylic acids is 1. The van der Waals surface area contributed by atoms with Crippen LogP contribution in [0.5, 0.6) is 0 Å². The van der Waals surface area contributed by atoms with Gasteiger partial charge in [-0.3, -0.25) is 4.79 Å². The van der Waals surface area contributed by atoms with Crippen LogP contribution in [-0.4, -0.2) is 31.3 Å². The normalized spacial score (nSPS) is 18.6. The number of rotatable bonds is 4. The molecule has 0 radical (unpaired) electrons. The number of hydrogen-bond donors (Lipinski definition) is 1. The van der Waals surface area contributed by atoms with Gasteiger partial charge in [0.25, 0.3) is 0 Å². The molecule has 4 heteroatoms. The third-order valence-electron chi connectivity index (χ3n) is 3.25. The van der Waals surface area contributed by atoms with Crippen LogP contribution in [0.2, 0.25) is 0 Å². The van der Waals surface area contributed by atoms with Crippen LogP contribution in [0.3, 0.4) is 0 Å². The predicted molar refractivity (Wildman–Crippen MR) is 69.5 cm³/mol. The van der Waals surface area contributed by atoms with E-state index < -0.39 is 6.10 Å². The van der Waals surface area contributed by atoms with E-state index in [9.17, 15) is 9.90 Å². The Hall–Kier alpha value is -1.39. The number of amides is 1. The molecular weight excluding hydrogens is 230 g/mol. The number of para-hydroxylation sites is 1. The second-order valence-electron chi connectivity index (χ2n) is 4.51. The number of aliphatic hydroxyl groups excluding tert-OH is 1. The molecule has 0 spiro atoms. The molecule has 18 heavy (non-hydrogen) atoms. The zero-order chi connectivity index (χ0) is 13.0. The van der Waals surface area contributed by atoms with Crippen molar-refractivity contribution in [2.24, 2.45) is 0 Å². The van der Waals surface area contributed by atoms with Gasteiger partial charge in [-0.05, 0) is 18.9 Å². The molecule has 0 bridgehead atoms. The quantitative estimate of drug-likeness (QED) is 0.829. The Kier molecular flexibility index (Phi) is 4.33. The highest BCUT2D eigenvalue weighted by atomic mass is 16.5. The molecule has 0 saturated carbocycles. The van der Waals surface area contributed by atoms with Gasteiger partial charge in [0.05, 0.1) is 6.10 Å². The minimum atomic E-state index is -0.454. The van der Waals surface area contributed by atoms with Crippen molar-refractivity contribution in [2.75, 3.05) is 25.2 Å². The smallest absolute Gasteiger partial charge is 0.227 e. The summed E-state index contributed by atoms with van der Waals surface area (Å²) in [4.78, 5) is 13.9. The summed E-state index contributed by atoms with van der Waals surface area (Å²) in [5.74, 6) is 0.103. The number of aliphatic hydroxyl groups is 1. The maximum absolute atomic E-state index is 12.1. The summed E-state index contributed by atoms with van der Waals surface area (Å²) < 4.78 is 4.96. The van der Waals surface area contributed by atoms with Crippen LogP contribution in [0.25, 0.3) is 0 Å². The van der Waals surface area contributed by atoms with Gasteiger partial charge in [-0.15, -0.1) is 0 Å². The van der Waals surface area contributed by atoms with Crippen molar-refractivity contribution in [3.63, 3.8) is 0 Å². The highest BCUT2D eigenvalue weighted by Crippen LogP contribution is 2.33. The molecule has 1 aromatic carbocycles. The fourth-order valence-corrected chi connectivity index (χ4v) is 2.30. The highest BCUT2D eigenvalue weighted by Gasteiger charge is 2.26. The van der Waals surface area contributed by atoms with Gasteiger partial charge in [0.15, 0.2) is 0 Å². The van der Waals surface area contributed by atoms with Crippen LogP contribution in [0, 0.1) is 0 Å². The van der Waals surface area contributed by atoms with Gasteiger partial charge in [-0.1, -0.05) is 18.2 Å². The Morgan fingerprint density at radius 2 is 2.28 bits per heavy atom. The van der Waals surface area contributed by atoms with Crippen molar-refractivity contribution in [1.29, 1.82) is 0 Å². The van der Waals surface area contributed by atoms with Crippen LogP contribution in [0.4, 0.5) is 5.69 Å². The summed E-state index contributed by atoms with van der Waals surface area (Å²) in [6.07, 6.45) is 1.37. The lowest BCUT2D eigenvalue weighted by molar-refractivity contribution is -0.119. The monoisotopic (exact) mass is 249 g/mol. The van der Waals surface area contributed by atoms with E-state index in [1.807, 2.05) is 24.3 Å². The molecule has 0 saturated heterocycles. The largest absolute Gasteiger partial charge is 0.388 e. The molecule has 1 aromatic rings. The molecule has 4 nitrogen and oxygen atoms in total. The van der Waals surface area contributed by atoms with E-state index in [4.69, 9.17) is 4.74 Å². The number of carbonyl (C=O) groups is 1. The van der Waals surface area contributed by atoms with E-state index in [0.29, 0.717) is 26.0 Å². The number of nitrogens with zero attached hydrogens (tertiary/aromatic N) is 1. The van der Waals surface area contributed by atoms with Crippen molar-refractivity contribution in [3.8, 4) is 0 Å². The van der Waals surface area contributed by atoms with E-state index in [1.54, 1.807) is 12.0 Å². The summed E-state index contributed by atoms with van der Waals surface area (Å²) in [5, 5.41) is 9.92. The lowest BCUT2D eigenvalue weighted by atomic mass is 9.98. The molecule has 1 atom stereocenters. The van der Waals surface area contributed by atoms with E-state index in [2.05, 4.69) is 0 Å². The topological polar surface area (TPSA) is 49.8 Å². The summed E-state index contributed by atoms with van der Waals surface area (Å²) in [6.45, 7) is 1.19. The molecule has 1 N–H and O–H groups in total. The summed E-state index contributed by atoms with van der Waals surface area (Å²) >= 11 is 0. The first-order chi connectivity index (χ1) is 8.74. The molecule has 0 fully saturated rings. The van der Waals surface area contributed by atoms with Gasteiger partial charge in [0.2, 0.25) is 5.91 Å². The van der Waals surface area contributed by atoms with E-state index in [-0.39, 0.29) is 5.91 Å². The number of hydrogen-bond acceptors (Lipinski definition) is 3. The number of fused-ring (bicyclic) bond motifs is 1. The second kappa shape index (κ2) is 5.98. The molecule has 2 rings (SSSR count). The van der Waals surface area contributed by atoms with Crippen molar-refractivity contribution < 1.29 is 14.6 Å². The lowest BCUT2D eigenvalue weighted by Gasteiger charge is -2.32. The van der Waals surface area contributed by atoms with Crippen molar-refractivity contribution in [3.05, 3.63) is 29.8 Å². The van der Waals surface area contributed by atoms with Crippen LogP contribution in [-0.2, 0) is 9.53 Å². The predicted octanol–water partition coefficient (Wildman–Crippen LogP) is 1.88. The number of anilines is 1. The first-order valence-corrected chi connectivity index (χ1v) is 6.30. The molecule has 0 aromatic heterocycles. The van der Waals surface area contributed by atoms with Crippen molar-refractivity contribution in [2.45, 2.75) is 25.4 Å².